The first-order valence-electron chi connectivity index (χ1n) is 6.30. The van der Waals surface area contributed by atoms with E-state index < -0.39 is 11.4 Å². The highest BCUT2D eigenvalue weighted by Crippen LogP contribution is 2.49. The van der Waals surface area contributed by atoms with Crippen LogP contribution in [0, 0.1) is 11.3 Å². The minimum Gasteiger partial charge on any atom is -0.481 e. The molecule has 1 aliphatic heterocycles. The number of carbonyl (C=O) groups excluding carboxylic acids is 1. The fourth-order valence-corrected chi connectivity index (χ4v) is 3.74. The van der Waals surface area contributed by atoms with Crippen molar-refractivity contribution >= 4 is 27.8 Å². The number of carboxylic acids is 1. The lowest BCUT2D eigenvalue weighted by Crippen LogP contribution is -2.37. The second-order valence-electron chi connectivity index (χ2n) is 5.38. The monoisotopic (exact) mass is 327 g/mol. The van der Waals surface area contributed by atoms with Crippen LogP contribution in [0.2, 0.25) is 0 Å². The molecular weight excluding hydrogens is 314 g/mol. The summed E-state index contributed by atoms with van der Waals surface area (Å²) in [5.41, 5.74) is -0.260. The Kier molecular flexibility index (Phi) is 2.92. The zero-order chi connectivity index (χ0) is 13.6. The SMILES string of the molecule is O=C(c1coc(Br)c1)N1C[C@@H]2CCC[C@@]2(C(=O)O)C1. The van der Waals surface area contributed by atoms with Gasteiger partial charge >= 0.3 is 5.97 Å². The van der Waals surface area contributed by atoms with Crippen LogP contribution in [-0.2, 0) is 4.79 Å². The maximum absolute atomic E-state index is 12.3. The van der Waals surface area contributed by atoms with E-state index in [0.717, 1.165) is 12.8 Å². The molecule has 0 spiro atoms. The van der Waals surface area contributed by atoms with Gasteiger partial charge in [-0.15, -0.1) is 0 Å². The van der Waals surface area contributed by atoms with Crippen LogP contribution in [-0.4, -0.2) is 35.0 Å². The molecule has 2 fully saturated rings. The molecule has 1 saturated carbocycles. The molecule has 0 unspecified atom stereocenters. The molecule has 3 rings (SSSR count). The molecule has 1 aromatic rings. The number of amides is 1. The maximum atomic E-state index is 12.3. The molecule has 2 heterocycles. The van der Waals surface area contributed by atoms with Crippen molar-refractivity contribution in [1.29, 1.82) is 0 Å². The van der Waals surface area contributed by atoms with Crippen LogP contribution in [0.1, 0.15) is 29.6 Å². The summed E-state index contributed by atoms with van der Waals surface area (Å²) in [5.74, 6) is -0.826. The van der Waals surface area contributed by atoms with E-state index in [4.69, 9.17) is 4.42 Å². The minimum absolute atomic E-state index is 0.0873. The van der Waals surface area contributed by atoms with Crippen molar-refractivity contribution in [3.05, 3.63) is 22.6 Å². The standard InChI is InChI=1S/C13H14BrNO4/c14-10-4-8(6-19-10)11(16)15-5-9-2-1-3-13(9,7-15)12(17)18/h4,6,9H,1-3,5,7H2,(H,17,18)/t9-,13+/m0/s1. The Morgan fingerprint density at radius 2 is 2.32 bits per heavy atom. The summed E-state index contributed by atoms with van der Waals surface area (Å²) in [4.78, 5) is 25.5. The topological polar surface area (TPSA) is 70.8 Å². The van der Waals surface area contributed by atoms with Gasteiger partial charge < -0.3 is 14.4 Å². The lowest BCUT2D eigenvalue weighted by Gasteiger charge is -2.23. The van der Waals surface area contributed by atoms with Crippen LogP contribution in [0.15, 0.2) is 21.4 Å². The van der Waals surface area contributed by atoms with Gasteiger partial charge in [0.2, 0.25) is 0 Å². The van der Waals surface area contributed by atoms with Crippen molar-refractivity contribution in [1.82, 2.24) is 4.90 Å². The number of furan rings is 1. The molecule has 6 heteroatoms. The van der Waals surface area contributed by atoms with Gasteiger partial charge in [0.25, 0.3) is 5.91 Å². The van der Waals surface area contributed by atoms with Crippen molar-refractivity contribution in [2.24, 2.45) is 11.3 Å². The molecule has 102 valence electrons. The van der Waals surface area contributed by atoms with Gasteiger partial charge in [-0.05, 0) is 34.7 Å². The fourth-order valence-electron chi connectivity index (χ4n) is 3.40. The number of fused-ring (bicyclic) bond motifs is 1. The number of nitrogens with zero attached hydrogens (tertiary/aromatic N) is 1. The molecule has 0 aromatic carbocycles. The van der Waals surface area contributed by atoms with Gasteiger partial charge in [0, 0.05) is 19.2 Å². The molecule has 2 aliphatic rings. The molecule has 2 atom stereocenters. The quantitative estimate of drug-likeness (QED) is 0.905. The zero-order valence-electron chi connectivity index (χ0n) is 10.3. The van der Waals surface area contributed by atoms with Crippen LogP contribution in [0.25, 0.3) is 0 Å². The highest BCUT2D eigenvalue weighted by Gasteiger charge is 2.55. The summed E-state index contributed by atoms with van der Waals surface area (Å²) in [6, 6.07) is 1.61. The first kappa shape index (κ1) is 12.7. The number of rotatable bonds is 2. The van der Waals surface area contributed by atoms with Crippen molar-refractivity contribution in [3.8, 4) is 0 Å². The number of hydrogen-bond acceptors (Lipinski definition) is 3. The normalized spacial score (nSPS) is 29.5. The number of aliphatic carboxylic acids is 1. The molecule has 1 aliphatic carbocycles. The Balaban J connectivity index is 1.82. The van der Waals surface area contributed by atoms with E-state index in [1.54, 1.807) is 11.0 Å². The molecule has 0 bridgehead atoms. The number of carboxylic acid groups (broad SMARTS) is 1. The van der Waals surface area contributed by atoms with Crippen LogP contribution in [0.4, 0.5) is 0 Å². The Hall–Kier alpha value is -1.30. The Morgan fingerprint density at radius 1 is 1.53 bits per heavy atom. The van der Waals surface area contributed by atoms with Crippen molar-refractivity contribution in [2.75, 3.05) is 13.1 Å². The highest BCUT2D eigenvalue weighted by molar-refractivity contribution is 9.10. The zero-order valence-corrected chi connectivity index (χ0v) is 11.9. The Labute approximate surface area is 118 Å². The molecule has 1 saturated heterocycles. The predicted octanol–water partition coefficient (Wildman–Crippen LogP) is 2.37. The predicted molar refractivity (Wildman–Crippen MR) is 69.7 cm³/mol. The van der Waals surface area contributed by atoms with Gasteiger partial charge in [-0.25, -0.2) is 0 Å². The van der Waals surface area contributed by atoms with Gasteiger partial charge in [0.1, 0.15) is 6.26 Å². The third kappa shape index (κ3) is 1.89. The average molecular weight is 328 g/mol. The molecular formula is C13H14BrNO4. The second-order valence-corrected chi connectivity index (χ2v) is 6.16. The second kappa shape index (κ2) is 4.37. The van der Waals surface area contributed by atoms with Crippen molar-refractivity contribution in [2.45, 2.75) is 19.3 Å². The summed E-state index contributed by atoms with van der Waals surface area (Å²) in [6.07, 6.45) is 3.90. The van der Waals surface area contributed by atoms with Crippen molar-refractivity contribution < 1.29 is 19.1 Å². The molecule has 0 radical (unpaired) electrons. The molecule has 1 N–H and O–H groups in total. The van der Waals surface area contributed by atoms with Gasteiger partial charge in [-0.2, -0.15) is 0 Å². The third-order valence-corrected chi connectivity index (χ3v) is 4.81. The molecule has 5 nitrogen and oxygen atoms in total. The maximum Gasteiger partial charge on any atom is 0.311 e. The number of hydrogen-bond donors (Lipinski definition) is 1. The molecule has 19 heavy (non-hydrogen) atoms. The van der Waals surface area contributed by atoms with E-state index in [2.05, 4.69) is 15.9 Å². The lowest BCUT2D eigenvalue weighted by molar-refractivity contribution is -0.149. The van der Waals surface area contributed by atoms with Crippen LogP contribution in [0.5, 0.6) is 0 Å². The Morgan fingerprint density at radius 3 is 2.89 bits per heavy atom. The highest BCUT2D eigenvalue weighted by atomic mass is 79.9. The van der Waals surface area contributed by atoms with Crippen LogP contribution in [0.3, 0.4) is 0 Å². The Bertz CT molecular complexity index is 541. The van der Waals surface area contributed by atoms with E-state index >= 15 is 0 Å². The smallest absolute Gasteiger partial charge is 0.311 e. The number of carbonyl (C=O) groups is 2. The minimum atomic E-state index is -0.765. The third-order valence-electron chi connectivity index (χ3n) is 4.40. The number of halogens is 1. The lowest BCUT2D eigenvalue weighted by atomic mass is 9.81. The molecule has 1 aromatic heterocycles. The number of likely N-dealkylation sites (tertiary alicyclic amines) is 1. The van der Waals surface area contributed by atoms with Gasteiger partial charge in [0.05, 0.1) is 11.0 Å². The van der Waals surface area contributed by atoms with Gasteiger partial charge in [-0.1, -0.05) is 6.42 Å². The van der Waals surface area contributed by atoms with Gasteiger partial charge in [-0.3, -0.25) is 9.59 Å². The van der Waals surface area contributed by atoms with E-state index in [0.29, 0.717) is 29.7 Å². The summed E-state index contributed by atoms with van der Waals surface area (Å²) >= 11 is 3.16. The summed E-state index contributed by atoms with van der Waals surface area (Å²) in [7, 11) is 0. The van der Waals surface area contributed by atoms with Crippen molar-refractivity contribution in [3.63, 3.8) is 0 Å². The van der Waals surface area contributed by atoms with E-state index in [1.165, 1.54) is 6.26 Å². The van der Waals surface area contributed by atoms with Crippen LogP contribution < -0.4 is 0 Å². The fraction of sp³-hybridized carbons (Fsp3) is 0.538. The summed E-state index contributed by atoms with van der Waals surface area (Å²) in [5, 5.41) is 9.48. The first-order valence-corrected chi connectivity index (χ1v) is 7.09. The van der Waals surface area contributed by atoms with E-state index in [1.807, 2.05) is 0 Å². The largest absolute Gasteiger partial charge is 0.481 e. The van der Waals surface area contributed by atoms with E-state index in [9.17, 15) is 14.7 Å². The summed E-state index contributed by atoms with van der Waals surface area (Å²) < 4.78 is 5.57. The summed E-state index contributed by atoms with van der Waals surface area (Å²) in [6.45, 7) is 0.850. The van der Waals surface area contributed by atoms with Crippen LogP contribution >= 0.6 is 15.9 Å². The first-order chi connectivity index (χ1) is 9.03. The average Bonchev–Trinajstić information content (AvgIpc) is 3.00. The molecule has 1 amide bonds. The van der Waals surface area contributed by atoms with E-state index in [-0.39, 0.29) is 11.8 Å². The van der Waals surface area contributed by atoms with Gasteiger partial charge in [0.15, 0.2) is 4.67 Å².